The molecule has 1 N–H and O–H groups in total. The first kappa shape index (κ1) is 19.0. The molecular formula is C18H12BrN7O2. The summed E-state index contributed by atoms with van der Waals surface area (Å²) in [5, 5.41) is 19.7. The number of halogens is 1. The number of ether oxygens (including phenoxy) is 1. The number of anilines is 1. The average molecular weight is 438 g/mol. The van der Waals surface area contributed by atoms with E-state index in [0.717, 1.165) is 4.47 Å². The second-order valence-corrected chi connectivity index (χ2v) is 6.33. The van der Waals surface area contributed by atoms with E-state index in [1.807, 2.05) is 6.07 Å². The Morgan fingerprint density at radius 1 is 1.29 bits per heavy atom. The topological polar surface area (TPSA) is 129 Å². The van der Waals surface area contributed by atoms with Crippen molar-refractivity contribution in [2.45, 2.75) is 0 Å². The number of nitriles is 1. The number of hydrogen-bond donors (Lipinski definition) is 1. The number of azide groups is 1. The number of methoxy groups -OCH3 is 1. The fourth-order valence-corrected chi connectivity index (χ4v) is 2.73. The second kappa shape index (κ2) is 8.26. The molecule has 0 atom stereocenters. The Labute approximate surface area is 167 Å². The van der Waals surface area contributed by atoms with Crippen LogP contribution in [0, 0.1) is 11.3 Å². The van der Waals surface area contributed by atoms with E-state index >= 15 is 0 Å². The van der Waals surface area contributed by atoms with Gasteiger partial charge >= 0.3 is 0 Å². The van der Waals surface area contributed by atoms with Crippen LogP contribution in [-0.4, -0.2) is 22.8 Å². The number of rotatable bonds is 5. The molecule has 0 saturated heterocycles. The third-order valence-corrected chi connectivity index (χ3v) is 4.27. The first-order valence-corrected chi connectivity index (χ1v) is 8.66. The van der Waals surface area contributed by atoms with Gasteiger partial charge in [-0.3, -0.25) is 4.79 Å². The number of carbonyl (C=O) groups is 1. The highest BCUT2D eigenvalue weighted by Gasteiger charge is 2.24. The minimum atomic E-state index is -0.574. The first-order chi connectivity index (χ1) is 13.6. The molecule has 1 aromatic heterocycles. The molecule has 3 rings (SSSR count). The van der Waals surface area contributed by atoms with Gasteiger partial charge in [0.05, 0.1) is 12.8 Å². The van der Waals surface area contributed by atoms with Gasteiger partial charge in [-0.05, 0) is 54.1 Å². The van der Waals surface area contributed by atoms with Gasteiger partial charge in [0.1, 0.15) is 23.2 Å². The maximum Gasteiger partial charge on any atom is 0.274 e. The van der Waals surface area contributed by atoms with Gasteiger partial charge in [0.2, 0.25) is 0 Å². The molecule has 0 spiro atoms. The van der Waals surface area contributed by atoms with E-state index in [2.05, 4.69) is 36.4 Å². The van der Waals surface area contributed by atoms with Crippen molar-refractivity contribution in [3.63, 3.8) is 0 Å². The minimum absolute atomic E-state index is 0.0533. The Morgan fingerprint density at radius 2 is 1.96 bits per heavy atom. The number of aromatic nitrogens is 2. The third-order valence-electron chi connectivity index (χ3n) is 3.75. The molecule has 1 heterocycles. The van der Waals surface area contributed by atoms with Crippen LogP contribution in [-0.2, 0) is 0 Å². The lowest BCUT2D eigenvalue weighted by atomic mass is 10.2. The van der Waals surface area contributed by atoms with Gasteiger partial charge in [-0.1, -0.05) is 21.0 Å². The van der Waals surface area contributed by atoms with E-state index in [4.69, 9.17) is 10.3 Å². The van der Waals surface area contributed by atoms with Crippen LogP contribution in [0.2, 0.25) is 0 Å². The predicted molar refractivity (Wildman–Crippen MR) is 106 cm³/mol. The van der Waals surface area contributed by atoms with E-state index in [1.54, 1.807) is 48.5 Å². The molecule has 0 saturated carbocycles. The van der Waals surface area contributed by atoms with Crippen LogP contribution in [0.1, 0.15) is 16.2 Å². The Morgan fingerprint density at radius 3 is 2.54 bits per heavy atom. The van der Waals surface area contributed by atoms with Gasteiger partial charge in [-0.2, -0.15) is 10.4 Å². The van der Waals surface area contributed by atoms with Gasteiger partial charge in [-0.25, -0.2) is 4.68 Å². The lowest BCUT2D eigenvalue weighted by molar-refractivity contribution is 0.102. The highest BCUT2D eigenvalue weighted by Crippen LogP contribution is 2.28. The molecule has 0 aliphatic rings. The van der Waals surface area contributed by atoms with Crippen molar-refractivity contribution in [1.29, 1.82) is 5.26 Å². The molecule has 0 radical (unpaired) electrons. The normalized spacial score (nSPS) is 9.89. The van der Waals surface area contributed by atoms with E-state index in [1.165, 1.54) is 11.8 Å². The second-order valence-electron chi connectivity index (χ2n) is 5.42. The summed E-state index contributed by atoms with van der Waals surface area (Å²) >= 11 is 3.33. The summed E-state index contributed by atoms with van der Waals surface area (Å²) in [6.45, 7) is 0. The van der Waals surface area contributed by atoms with Gasteiger partial charge < -0.3 is 10.1 Å². The summed E-state index contributed by atoms with van der Waals surface area (Å²) in [4.78, 5) is 15.7. The first-order valence-electron chi connectivity index (χ1n) is 7.87. The van der Waals surface area contributed by atoms with Gasteiger partial charge in [0.15, 0.2) is 5.69 Å². The lowest BCUT2D eigenvalue weighted by Crippen LogP contribution is -2.17. The van der Waals surface area contributed by atoms with Crippen LogP contribution in [0.25, 0.3) is 16.1 Å². The molecule has 138 valence electrons. The van der Waals surface area contributed by atoms with Crippen LogP contribution < -0.4 is 10.1 Å². The number of nitrogens with one attached hydrogen (secondary N) is 1. The minimum Gasteiger partial charge on any atom is -0.497 e. The van der Waals surface area contributed by atoms with Crippen molar-refractivity contribution in [3.8, 4) is 17.5 Å². The molecule has 28 heavy (non-hydrogen) atoms. The Kier molecular flexibility index (Phi) is 5.60. The molecule has 10 heteroatoms. The smallest absolute Gasteiger partial charge is 0.274 e. The maximum absolute atomic E-state index is 12.9. The Bertz CT molecular complexity index is 1110. The van der Waals surface area contributed by atoms with E-state index in [-0.39, 0.29) is 17.1 Å². The number of hydrogen-bond acceptors (Lipinski definition) is 5. The molecule has 1 amide bonds. The van der Waals surface area contributed by atoms with Crippen LogP contribution in [0.15, 0.2) is 58.1 Å². The molecule has 2 aromatic carbocycles. The third kappa shape index (κ3) is 3.81. The van der Waals surface area contributed by atoms with E-state index in [9.17, 15) is 10.1 Å². The number of nitrogens with zero attached hydrogens (tertiary/aromatic N) is 6. The maximum atomic E-state index is 12.9. The monoisotopic (exact) mass is 437 g/mol. The zero-order chi connectivity index (χ0) is 20.1. The number of amides is 1. The molecule has 0 aliphatic heterocycles. The highest BCUT2D eigenvalue weighted by molar-refractivity contribution is 9.10. The van der Waals surface area contributed by atoms with Gasteiger partial charge in [-0.15, -0.1) is 0 Å². The molecular weight excluding hydrogens is 426 g/mol. The van der Waals surface area contributed by atoms with Crippen molar-refractivity contribution >= 4 is 33.2 Å². The largest absolute Gasteiger partial charge is 0.497 e. The zero-order valence-electron chi connectivity index (χ0n) is 14.5. The van der Waals surface area contributed by atoms with Gasteiger partial charge in [0.25, 0.3) is 5.91 Å². The van der Waals surface area contributed by atoms with Crippen LogP contribution in [0.5, 0.6) is 5.75 Å². The standard InChI is InChI=1S/C18H12BrN7O2/c1-28-14-8-6-13(7-9-14)26-17(16(23-25-21)15(10-20)24-26)18(27)22-12-4-2-11(19)3-5-12/h2-9H,1H3,(H,22,27). The number of benzene rings is 2. The predicted octanol–water partition coefficient (Wildman–Crippen LogP) is 4.71. The molecule has 9 nitrogen and oxygen atoms in total. The Hall–Kier alpha value is -3.80. The summed E-state index contributed by atoms with van der Waals surface area (Å²) in [6.07, 6.45) is 0. The van der Waals surface area contributed by atoms with Crippen molar-refractivity contribution in [1.82, 2.24) is 9.78 Å². The zero-order valence-corrected chi connectivity index (χ0v) is 16.1. The summed E-state index contributed by atoms with van der Waals surface area (Å²) in [7, 11) is 1.54. The highest BCUT2D eigenvalue weighted by atomic mass is 79.9. The molecule has 0 unspecified atom stereocenters. The van der Waals surface area contributed by atoms with Crippen LogP contribution in [0.3, 0.4) is 0 Å². The fourth-order valence-electron chi connectivity index (χ4n) is 2.46. The quantitative estimate of drug-likeness (QED) is 0.351. The summed E-state index contributed by atoms with van der Waals surface area (Å²) in [5.41, 5.74) is 9.55. The van der Waals surface area contributed by atoms with Crippen molar-refractivity contribution < 1.29 is 9.53 Å². The molecule has 3 aromatic rings. The van der Waals surface area contributed by atoms with E-state index in [0.29, 0.717) is 17.1 Å². The van der Waals surface area contributed by atoms with Crippen molar-refractivity contribution in [2.75, 3.05) is 12.4 Å². The Balaban J connectivity index is 2.11. The summed E-state index contributed by atoms with van der Waals surface area (Å²) < 4.78 is 7.25. The molecule has 0 fully saturated rings. The van der Waals surface area contributed by atoms with Gasteiger partial charge in [0, 0.05) is 15.1 Å². The van der Waals surface area contributed by atoms with Crippen LogP contribution >= 0.6 is 15.9 Å². The number of carbonyl (C=O) groups excluding carboxylic acids is 1. The summed E-state index contributed by atoms with van der Waals surface area (Å²) in [5.74, 6) is 0.0436. The average Bonchev–Trinajstić information content (AvgIpc) is 3.08. The lowest BCUT2D eigenvalue weighted by Gasteiger charge is -2.10. The van der Waals surface area contributed by atoms with Crippen molar-refractivity contribution in [2.24, 2.45) is 5.11 Å². The summed E-state index contributed by atoms with van der Waals surface area (Å²) in [6, 6.07) is 15.5. The molecule has 0 aliphatic carbocycles. The fraction of sp³-hybridized carbons (Fsp3) is 0.0556. The van der Waals surface area contributed by atoms with E-state index < -0.39 is 5.91 Å². The van der Waals surface area contributed by atoms with Crippen LogP contribution in [0.4, 0.5) is 11.4 Å². The SMILES string of the molecule is COc1ccc(-n2nc(C#N)c(N=[N+]=[N-])c2C(=O)Nc2ccc(Br)cc2)cc1. The molecule has 0 bridgehead atoms. The van der Waals surface area contributed by atoms with Crippen molar-refractivity contribution in [3.05, 3.63) is 74.8 Å².